The molecule has 0 aliphatic carbocycles. The van der Waals surface area contributed by atoms with Gasteiger partial charge in [-0.2, -0.15) is 0 Å². The molecule has 1 fully saturated rings. The SMILES string of the molecule is CCc1ccccc1N(C)C(=O)[C@H]1CCCN(c2ncnc3c2nc2n3CCCCC2)C1. The Morgan fingerprint density at radius 3 is 2.88 bits per heavy atom. The fourth-order valence-electron chi connectivity index (χ4n) is 5.26. The lowest BCUT2D eigenvalue weighted by atomic mass is 9.96. The Kier molecular flexibility index (Phi) is 5.81. The Morgan fingerprint density at radius 2 is 2.00 bits per heavy atom. The van der Waals surface area contributed by atoms with Gasteiger partial charge in [-0.3, -0.25) is 4.79 Å². The maximum atomic E-state index is 13.5. The van der Waals surface area contributed by atoms with E-state index in [1.165, 1.54) is 24.8 Å². The highest BCUT2D eigenvalue weighted by Crippen LogP contribution is 2.31. The lowest BCUT2D eigenvalue weighted by Gasteiger charge is -2.35. The third kappa shape index (κ3) is 3.74. The molecule has 2 aliphatic rings. The van der Waals surface area contributed by atoms with Gasteiger partial charge in [0.2, 0.25) is 5.91 Å². The van der Waals surface area contributed by atoms with Crippen molar-refractivity contribution in [2.45, 2.75) is 58.4 Å². The second-order valence-corrected chi connectivity index (χ2v) is 9.02. The summed E-state index contributed by atoms with van der Waals surface area (Å²) in [7, 11) is 1.91. The van der Waals surface area contributed by atoms with Crippen molar-refractivity contribution in [3.05, 3.63) is 42.0 Å². The molecule has 0 saturated carbocycles. The van der Waals surface area contributed by atoms with Gasteiger partial charge in [-0.15, -0.1) is 0 Å². The van der Waals surface area contributed by atoms with Crippen molar-refractivity contribution in [3.8, 4) is 0 Å². The lowest BCUT2D eigenvalue weighted by Crippen LogP contribution is -2.44. The highest BCUT2D eigenvalue weighted by atomic mass is 16.2. The number of rotatable bonds is 4. The van der Waals surface area contributed by atoms with E-state index in [1.54, 1.807) is 6.33 Å². The number of hydrogen-bond acceptors (Lipinski definition) is 5. The summed E-state index contributed by atoms with van der Waals surface area (Å²) in [5, 5.41) is 0. The molecule has 0 unspecified atom stereocenters. The number of imidazole rings is 1. The van der Waals surface area contributed by atoms with Crippen LogP contribution < -0.4 is 9.80 Å². The Bertz CT molecular complexity index is 1120. The molecule has 168 valence electrons. The van der Waals surface area contributed by atoms with E-state index in [1.807, 2.05) is 30.1 Å². The molecule has 0 bridgehead atoms. The molecule has 7 nitrogen and oxygen atoms in total. The zero-order valence-electron chi connectivity index (χ0n) is 19.1. The number of carbonyl (C=O) groups excluding carboxylic acids is 1. The van der Waals surface area contributed by atoms with Gasteiger partial charge in [0.05, 0.1) is 5.92 Å². The smallest absolute Gasteiger partial charge is 0.231 e. The number of nitrogens with zero attached hydrogens (tertiary/aromatic N) is 6. The molecule has 7 heteroatoms. The number of aromatic nitrogens is 4. The number of benzene rings is 1. The number of aryl methyl sites for hydroxylation is 3. The highest BCUT2D eigenvalue weighted by Gasteiger charge is 2.31. The second-order valence-electron chi connectivity index (χ2n) is 9.02. The van der Waals surface area contributed by atoms with Crippen molar-refractivity contribution >= 4 is 28.6 Å². The number of para-hydroxylation sites is 1. The van der Waals surface area contributed by atoms with E-state index in [0.29, 0.717) is 6.54 Å². The summed E-state index contributed by atoms with van der Waals surface area (Å²) in [5.41, 5.74) is 4.05. The molecule has 3 aromatic rings. The number of anilines is 2. The molecule has 32 heavy (non-hydrogen) atoms. The summed E-state index contributed by atoms with van der Waals surface area (Å²) in [5.74, 6) is 2.13. The van der Waals surface area contributed by atoms with Crippen LogP contribution in [0.2, 0.25) is 0 Å². The molecule has 4 heterocycles. The fraction of sp³-hybridized carbons (Fsp3) is 0.520. The molecule has 5 rings (SSSR count). The number of hydrogen-bond donors (Lipinski definition) is 0. The molecule has 0 N–H and O–H groups in total. The van der Waals surface area contributed by atoms with Crippen molar-refractivity contribution in [1.29, 1.82) is 0 Å². The van der Waals surface area contributed by atoms with Crippen molar-refractivity contribution < 1.29 is 4.79 Å². The normalized spacial score (nSPS) is 18.9. The van der Waals surface area contributed by atoms with E-state index in [9.17, 15) is 4.79 Å². The minimum Gasteiger partial charge on any atom is -0.354 e. The summed E-state index contributed by atoms with van der Waals surface area (Å²) in [6, 6.07) is 8.19. The zero-order valence-corrected chi connectivity index (χ0v) is 19.1. The number of fused-ring (bicyclic) bond motifs is 3. The molecule has 0 radical (unpaired) electrons. The Balaban J connectivity index is 1.41. The summed E-state index contributed by atoms with van der Waals surface area (Å²) in [6.07, 6.45) is 9.04. The van der Waals surface area contributed by atoms with Crippen LogP contribution in [0.25, 0.3) is 11.2 Å². The Morgan fingerprint density at radius 1 is 1.12 bits per heavy atom. The number of carbonyl (C=O) groups is 1. The number of piperidine rings is 1. The first-order valence-electron chi connectivity index (χ1n) is 12.0. The molecule has 0 spiro atoms. The van der Waals surface area contributed by atoms with Gasteiger partial charge in [-0.1, -0.05) is 31.5 Å². The predicted octanol–water partition coefficient (Wildman–Crippen LogP) is 3.99. The molecule has 1 amide bonds. The first kappa shape index (κ1) is 20.9. The van der Waals surface area contributed by atoms with Gasteiger partial charge >= 0.3 is 0 Å². The third-order valence-electron chi connectivity index (χ3n) is 7.01. The molecule has 1 atom stereocenters. The lowest BCUT2D eigenvalue weighted by molar-refractivity contribution is -0.122. The van der Waals surface area contributed by atoms with Gasteiger partial charge in [0, 0.05) is 38.8 Å². The monoisotopic (exact) mass is 432 g/mol. The van der Waals surface area contributed by atoms with Crippen LogP contribution in [0.4, 0.5) is 11.5 Å². The molecule has 1 saturated heterocycles. The van der Waals surface area contributed by atoms with Gasteiger partial charge in [-0.05, 0) is 43.7 Å². The van der Waals surface area contributed by atoms with E-state index in [-0.39, 0.29) is 11.8 Å². The van der Waals surface area contributed by atoms with Gasteiger partial charge in [-0.25, -0.2) is 15.0 Å². The van der Waals surface area contributed by atoms with Crippen LogP contribution >= 0.6 is 0 Å². The van der Waals surface area contributed by atoms with Crippen LogP contribution in [0.1, 0.15) is 50.4 Å². The summed E-state index contributed by atoms with van der Waals surface area (Å²) >= 11 is 0. The summed E-state index contributed by atoms with van der Waals surface area (Å²) in [6.45, 7) is 4.68. The number of amides is 1. The third-order valence-corrected chi connectivity index (χ3v) is 7.01. The van der Waals surface area contributed by atoms with Crippen LogP contribution in [0.5, 0.6) is 0 Å². The van der Waals surface area contributed by atoms with E-state index in [2.05, 4.69) is 32.4 Å². The van der Waals surface area contributed by atoms with Crippen LogP contribution in [0.15, 0.2) is 30.6 Å². The summed E-state index contributed by atoms with van der Waals surface area (Å²) in [4.78, 5) is 31.7. The van der Waals surface area contributed by atoms with Crippen LogP contribution in [0, 0.1) is 5.92 Å². The molecule has 2 aromatic heterocycles. The molecule has 1 aromatic carbocycles. The second kappa shape index (κ2) is 8.88. The van der Waals surface area contributed by atoms with Gasteiger partial charge in [0.25, 0.3) is 0 Å². The topological polar surface area (TPSA) is 67.2 Å². The van der Waals surface area contributed by atoms with E-state index < -0.39 is 0 Å². The fourth-order valence-corrected chi connectivity index (χ4v) is 5.26. The van der Waals surface area contributed by atoms with Crippen LogP contribution in [-0.4, -0.2) is 45.6 Å². The maximum Gasteiger partial charge on any atom is 0.231 e. The average molecular weight is 433 g/mol. The van der Waals surface area contributed by atoms with Crippen molar-refractivity contribution in [2.24, 2.45) is 5.92 Å². The van der Waals surface area contributed by atoms with Crippen molar-refractivity contribution in [3.63, 3.8) is 0 Å². The predicted molar refractivity (Wildman–Crippen MR) is 127 cm³/mol. The maximum absolute atomic E-state index is 13.5. The van der Waals surface area contributed by atoms with Gasteiger partial charge in [0.1, 0.15) is 12.2 Å². The van der Waals surface area contributed by atoms with E-state index in [4.69, 9.17) is 4.98 Å². The quantitative estimate of drug-likeness (QED) is 0.624. The van der Waals surface area contributed by atoms with E-state index >= 15 is 0 Å². The largest absolute Gasteiger partial charge is 0.354 e. The first-order valence-corrected chi connectivity index (χ1v) is 12.0. The van der Waals surface area contributed by atoms with E-state index in [0.717, 1.165) is 67.3 Å². The minimum atomic E-state index is -0.0517. The molecular weight excluding hydrogens is 400 g/mol. The minimum absolute atomic E-state index is 0.0517. The van der Waals surface area contributed by atoms with Gasteiger partial charge in [0.15, 0.2) is 17.0 Å². The first-order chi connectivity index (χ1) is 15.7. The zero-order chi connectivity index (χ0) is 22.1. The standard InChI is InChI=1S/C25H32N6O/c1-3-18-10-6-7-12-20(18)29(2)25(32)19-11-9-14-30(16-19)23-22-24(27-17-26-23)31-15-8-4-5-13-21(31)28-22/h6-7,10,12,17,19H,3-5,8-9,11,13-16H2,1-2H3/t19-/m0/s1. The Hall–Kier alpha value is -2.96. The van der Waals surface area contributed by atoms with Crippen LogP contribution in [-0.2, 0) is 24.2 Å². The van der Waals surface area contributed by atoms with Crippen molar-refractivity contribution in [2.75, 3.05) is 29.9 Å². The van der Waals surface area contributed by atoms with Crippen molar-refractivity contribution in [1.82, 2.24) is 19.5 Å². The van der Waals surface area contributed by atoms with Gasteiger partial charge < -0.3 is 14.4 Å². The molecule has 2 aliphatic heterocycles. The summed E-state index contributed by atoms with van der Waals surface area (Å²) < 4.78 is 2.27. The van der Waals surface area contributed by atoms with Crippen LogP contribution in [0.3, 0.4) is 0 Å². The Labute approximate surface area is 189 Å². The molecular formula is C25H32N6O. The highest BCUT2D eigenvalue weighted by molar-refractivity contribution is 5.96. The average Bonchev–Trinajstić information content (AvgIpc) is 3.03.